The molecule has 0 aromatic heterocycles. The highest BCUT2D eigenvalue weighted by Crippen LogP contribution is 2.60. The summed E-state index contributed by atoms with van der Waals surface area (Å²) in [5.74, 6) is 1.52. The van der Waals surface area contributed by atoms with Gasteiger partial charge in [0.05, 0.1) is 0 Å². The molecule has 0 saturated heterocycles. The fourth-order valence-corrected chi connectivity index (χ4v) is 5.45. The Kier molecular flexibility index (Phi) is 5.23. The van der Waals surface area contributed by atoms with Crippen LogP contribution in [-0.2, 0) is 0 Å². The van der Waals surface area contributed by atoms with Crippen LogP contribution in [0.2, 0.25) is 0 Å². The van der Waals surface area contributed by atoms with Gasteiger partial charge in [-0.3, -0.25) is 0 Å². The molecule has 1 heteroatoms. The zero-order chi connectivity index (χ0) is 15.7. The van der Waals surface area contributed by atoms with Gasteiger partial charge in [0.25, 0.3) is 0 Å². The van der Waals surface area contributed by atoms with Gasteiger partial charge >= 0.3 is 0 Å². The lowest BCUT2D eigenvalue weighted by Gasteiger charge is -2.55. The van der Waals surface area contributed by atoms with Gasteiger partial charge in [0.15, 0.2) is 0 Å². The average molecular weight is 293 g/mol. The number of hydrogen-bond donors (Lipinski definition) is 1. The van der Waals surface area contributed by atoms with E-state index in [-0.39, 0.29) is 0 Å². The number of fused-ring (bicyclic) bond motifs is 1. The second-order valence-corrected chi connectivity index (χ2v) is 8.77. The van der Waals surface area contributed by atoms with Crippen molar-refractivity contribution >= 4 is 0 Å². The van der Waals surface area contributed by atoms with E-state index in [2.05, 4.69) is 34.6 Å². The first kappa shape index (κ1) is 17.1. The van der Waals surface area contributed by atoms with Gasteiger partial charge in [0, 0.05) is 6.61 Å². The molecule has 0 aromatic carbocycles. The fourth-order valence-electron chi connectivity index (χ4n) is 5.45. The standard InChI is InChI=1S/C20H36O/c1-15(11-14-21)7-9-17-16(2)8-10-18-19(3,4)12-6-13-20(17,18)5/h15,18,21H,6-14H2,1-5H3/t15-,18-,20+/m0/s1. The second kappa shape index (κ2) is 6.44. The summed E-state index contributed by atoms with van der Waals surface area (Å²) >= 11 is 0. The summed E-state index contributed by atoms with van der Waals surface area (Å²) in [7, 11) is 0. The minimum Gasteiger partial charge on any atom is -0.396 e. The van der Waals surface area contributed by atoms with Crippen molar-refractivity contribution in [1.82, 2.24) is 0 Å². The Balaban J connectivity index is 2.17. The maximum Gasteiger partial charge on any atom is 0.0433 e. The van der Waals surface area contributed by atoms with E-state index >= 15 is 0 Å². The molecular formula is C20H36O. The summed E-state index contributed by atoms with van der Waals surface area (Å²) in [5, 5.41) is 9.12. The lowest BCUT2D eigenvalue weighted by atomic mass is 9.50. The minimum atomic E-state index is 0.339. The second-order valence-electron chi connectivity index (χ2n) is 8.77. The number of hydrogen-bond acceptors (Lipinski definition) is 1. The molecule has 1 fully saturated rings. The zero-order valence-electron chi connectivity index (χ0n) is 15.0. The maximum absolute atomic E-state index is 9.12. The van der Waals surface area contributed by atoms with Crippen molar-refractivity contribution in [2.45, 2.75) is 86.0 Å². The third-order valence-electron chi connectivity index (χ3n) is 6.75. The molecule has 2 aliphatic rings. The van der Waals surface area contributed by atoms with Crippen molar-refractivity contribution in [1.29, 1.82) is 0 Å². The first-order valence-electron chi connectivity index (χ1n) is 9.11. The summed E-state index contributed by atoms with van der Waals surface area (Å²) in [6.45, 7) is 12.6. The molecule has 0 heterocycles. The number of aliphatic hydroxyl groups excluding tert-OH is 1. The Hall–Kier alpha value is -0.300. The third-order valence-corrected chi connectivity index (χ3v) is 6.75. The van der Waals surface area contributed by atoms with Crippen molar-refractivity contribution < 1.29 is 5.11 Å². The molecule has 1 saturated carbocycles. The van der Waals surface area contributed by atoms with E-state index < -0.39 is 0 Å². The summed E-state index contributed by atoms with van der Waals surface area (Å²) in [6.07, 6.45) is 10.4. The van der Waals surface area contributed by atoms with Crippen LogP contribution in [0, 0.1) is 22.7 Å². The zero-order valence-corrected chi connectivity index (χ0v) is 15.0. The van der Waals surface area contributed by atoms with Crippen LogP contribution in [0.5, 0.6) is 0 Å². The summed E-state index contributed by atoms with van der Waals surface area (Å²) in [4.78, 5) is 0. The topological polar surface area (TPSA) is 20.2 Å². The molecule has 0 aliphatic heterocycles. The van der Waals surface area contributed by atoms with Crippen LogP contribution < -0.4 is 0 Å². The Morgan fingerprint density at radius 3 is 2.57 bits per heavy atom. The van der Waals surface area contributed by atoms with Crippen LogP contribution in [0.1, 0.15) is 86.0 Å². The fraction of sp³-hybridized carbons (Fsp3) is 0.900. The molecule has 0 bridgehead atoms. The van der Waals surface area contributed by atoms with Gasteiger partial charge in [-0.25, -0.2) is 0 Å². The molecule has 0 aromatic rings. The molecule has 2 aliphatic carbocycles. The van der Waals surface area contributed by atoms with Gasteiger partial charge < -0.3 is 5.11 Å². The Morgan fingerprint density at radius 1 is 1.19 bits per heavy atom. The Morgan fingerprint density at radius 2 is 1.90 bits per heavy atom. The average Bonchev–Trinajstić information content (AvgIpc) is 2.37. The normalized spacial score (nSPS) is 33.7. The van der Waals surface area contributed by atoms with E-state index in [0.29, 0.717) is 23.4 Å². The maximum atomic E-state index is 9.12. The number of allylic oxidation sites excluding steroid dienone is 2. The van der Waals surface area contributed by atoms with Gasteiger partial charge in [0.2, 0.25) is 0 Å². The molecule has 122 valence electrons. The quantitative estimate of drug-likeness (QED) is 0.642. The van der Waals surface area contributed by atoms with E-state index in [1.54, 1.807) is 11.1 Å². The van der Waals surface area contributed by atoms with Gasteiger partial charge in [0.1, 0.15) is 0 Å². The van der Waals surface area contributed by atoms with Crippen LogP contribution in [0.15, 0.2) is 11.1 Å². The van der Waals surface area contributed by atoms with Crippen molar-refractivity contribution in [3.8, 4) is 0 Å². The summed E-state index contributed by atoms with van der Waals surface area (Å²) < 4.78 is 0. The SMILES string of the molecule is CC1=C(CC[C@H](C)CCO)[C@@]2(C)CCCC(C)(C)[C@@H]2CC1. The van der Waals surface area contributed by atoms with Crippen LogP contribution >= 0.6 is 0 Å². The van der Waals surface area contributed by atoms with Crippen LogP contribution in [-0.4, -0.2) is 11.7 Å². The molecule has 2 rings (SSSR count). The van der Waals surface area contributed by atoms with Crippen LogP contribution in [0.4, 0.5) is 0 Å². The smallest absolute Gasteiger partial charge is 0.0433 e. The molecule has 3 atom stereocenters. The predicted molar refractivity (Wildman–Crippen MR) is 91.3 cm³/mol. The highest BCUT2D eigenvalue weighted by Gasteiger charge is 2.49. The Labute approximate surface area is 132 Å². The first-order valence-corrected chi connectivity index (χ1v) is 9.11. The highest BCUT2D eigenvalue weighted by molar-refractivity contribution is 5.27. The van der Waals surface area contributed by atoms with Crippen molar-refractivity contribution in [3.63, 3.8) is 0 Å². The molecule has 1 N–H and O–H groups in total. The van der Waals surface area contributed by atoms with Gasteiger partial charge in [-0.2, -0.15) is 0 Å². The third kappa shape index (κ3) is 3.38. The molecule has 21 heavy (non-hydrogen) atoms. The Bertz CT molecular complexity index is 393. The van der Waals surface area contributed by atoms with E-state index in [1.165, 1.54) is 44.9 Å². The van der Waals surface area contributed by atoms with Gasteiger partial charge in [-0.1, -0.05) is 45.3 Å². The van der Waals surface area contributed by atoms with Crippen LogP contribution in [0.3, 0.4) is 0 Å². The van der Waals surface area contributed by atoms with E-state index in [9.17, 15) is 0 Å². The monoisotopic (exact) mass is 292 g/mol. The van der Waals surface area contributed by atoms with E-state index in [4.69, 9.17) is 5.11 Å². The summed E-state index contributed by atoms with van der Waals surface area (Å²) in [5.41, 5.74) is 4.43. The molecule has 0 unspecified atom stereocenters. The number of rotatable bonds is 5. The first-order chi connectivity index (χ1) is 9.81. The van der Waals surface area contributed by atoms with Crippen LogP contribution in [0.25, 0.3) is 0 Å². The van der Waals surface area contributed by atoms with Gasteiger partial charge in [-0.05, 0) is 74.5 Å². The largest absolute Gasteiger partial charge is 0.396 e. The van der Waals surface area contributed by atoms with Crippen molar-refractivity contribution in [3.05, 3.63) is 11.1 Å². The highest BCUT2D eigenvalue weighted by atomic mass is 16.3. The number of aliphatic hydroxyl groups is 1. The molecule has 1 nitrogen and oxygen atoms in total. The van der Waals surface area contributed by atoms with E-state index in [0.717, 1.165) is 12.3 Å². The van der Waals surface area contributed by atoms with Crippen molar-refractivity contribution in [2.24, 2.45) is 22.7 Å². The molecule has 0 amide bonds. The van der Waals surface area contributed by atoms with E-state index in [1.807, 2.05) is 0 Å². The summed E-state index contributed by atoms with van der Waals surface area (Å²) in [6, 6.07) is 0. The lowest BCUT2D eigenvalue weighted by Crippen LogP contribution is -2.45. The van der Waals surface area contributed by atoms with Crippen molar-refractivity contribution in [2.75, 3.05) is 6.61 Å². The molecular weight excluding hydrogens is 256 g/mol. The van der Waals surface area contributed by atoms with Gasteiger partial charge in [-0.15, -0.1) is 0 Å². The molecule has 0 radical (unpaired) electrons. The predicted octanol–water partition coefficient (Wildman–Crippen LogP) is 5.73. The lowest BCUT2D eigenvalue weighted by molar-refractivity contribution is 0.00989. The minimum absolute atomic E-state index is 0.339. The molecule has 0 spiro atoms.